The molecule has 0 saturated carbocycles. The number of aryl methyl sites for hydroxylation is 1. The van der Waals surface area contributed by atoms with Crippen molar-refractivity contribution in [1.82, 2.24) is 9.55 Å². The van der Waals surface area contributed by atoms with E-state index in [9.17, 15) is 0 Å². The molecular weight excluding hydrogens is 246 g/mol. The maximum atomic E-state index is 5.87. The Balaban J connectivity index is 2.31. The first-order valence-corrected chi connectivity index (χ1v) is 6.91. The van der Waals surface area contributed by atoms with Gasteiger partial charge in [-0.2, -0.15) is 0 Å². The van der Waals surface area contributed by atoms with Crippen LogP contribution in [0.4, 0.5) is 5.69 Å². The van der Waals surface area contributed by atoms with Crippen LogP contribution in [-0.4, -0.2) is 9.55 Å². The van der Waals surface area contributed by atoms with Crippen LogP contribution in [0, 0.1) is 6.92 Å². The third-order valence-electron chi connectivity index (χ3n) is 3.51. The summed E-state index contributed by atoms with van der Waals surface area (Å²) in [5.41, 5.74) is 11.1. The van der Waals surface area contributed by atoms with Crippen LogP contribution >= 0.6 is 0 Å². The summed E-state index contributed by atoms with van der Waals surface area (Å²) >= 11 is 0. The Bertz CT molecular complexity index is 752. The van der Waals surface area contributed by atoms with Gasteiger partial charge in [0.15, 0.2) is 0 Å². The Kier molecular flexibility index (Phi) is 2.97. The first-order chi connectivity index (χ1) is 9.56. The van der Waals surface area contributed by atoms with Crippen molar-refractivity contribution >= 4 is 16.7 Å². The molecule has 0 spiro atoms. The molecule has 0 aliphatic carbocycles. The molecular formula is C17H19N3. The summed E-state index contributed by atoms with van der Waals surface area (Å²) in [4.78, 5) is 4.75. The minimum Gasteiger partial charge on any atom is -0.399 e. The van der Waals surface area contributed by atoms with Gasteiger partial charge in [0, 0.05) is 17.3 Å². The van der Waals surface area contributed by atoms with Crippen molar-refractivity contribution in [3.8, 4) is 5.69 Å². The largest absolute Gasteiger partial charge is 0.399 e. The summed E-state index contributed by atoms with van der Waals surface area (Å²) in [6.07, 6.45) is 0. The Labute approximate surface area is 119 Å². The molecule has 3 nitrogen and oxygen atoms in total. The highest BCUT2D eigenvalue weighted by Crippen LogP contribution is 2.27. The second kappa shape index (κ2) is 4.67. The van der Waals surface area contributed by atoms with E-state index in [0.29, 0.717) is 5.92 Å². The van der Waals surface area contributed by atoms with Crippen LogP contribution in [0.2, 0.25) is 0 Å². The lowest BCUT2D eigenvalue weighted by atomic mass is 10.2. The van der Waals surface area contributed by atoms with Gasteiger partial charge in [-0.1, -0.05) is 31.5 Å². The molecule has 0 aliphatic heterocycles. The van der Waals surface area contributed by atoms with Crippen LogP contribution in [0.5, 0.6) is 0 Å². The second-order valence-electron chi connectivity index (χ2n) is 5.54. The number of imidazole rings is 1. The van der Waals surface area contributed by atoms with Crippen molar-refractivity contribution in [2.75, 3.05) is 5.73 Å². The molecule has 2 aromatic carbocycles. The summed E-state index contributed by atoms with van der Waals surface area (Å²) in [7, 11) is 0. The zero-order chi connectivity index (χ0) is 14.3. The topological polar surface area (TPSA) is 43.8 Å². The number of nitrogen functional groups attached to an aromatic ring is 1. The fourth-order valence-electron chi connectivity index (χ4n) is 2.47. The van der Waals surface area contributed by atoms with E-state index in [1.165, 1.54) is 5.56 Å². The van der Waals surface area contributed by atoms with Crippen molar-refractivity contribution in [3.05, 3.63) is 53.9 Å². The highest BCUT2D eigenvalue weighted by Gasteiger charge is 2.15. The summed E-state index contributed by atoms with van der Waals surface area (Å²) < 4.78 is 2.22. The van der Waals surface area contributed by atoms with Gasteiger partial charge >= 0.3 is 0 Å². The zero-order valence-electron chi connectivity index (χ0n) is 12.1. The number of hydrogen-bond donors (Lipinski definition) is 1. The fraction of sp³-hybridized carbons (Fsp3) is 0.235. The molecule has 0 amide bonds. The lowest BCUT2D eigenvalue weighted by molar-refractivity contribution is 0.760. The lowest BCUT2D eigenvalue weighted by Crippen LogP contribution is -2.02. The van der Waals surface area contributed by atoms with Gasteiger partial charge in [0.1, 0.15) is 5.82 Å². The van der Waals surface area contributed by atoms with E-state index in [0.717, 1.165) is 28.2 Å². The summed E-state index contributed by atoms with van der Waals surface area (Å²) in [5, 5.41) is 0. The monoisotopic (exact) mass is 265 g/mol. The van der Waals surface area contributed by atoms with E-state index in [1.54, 1.807) is 0 Å². The normalized spacial score (nSPS) is 11.4. The maximum Gasteiger partial charge on any atom is 0.117 e. The van der Waals surface area contributed by atoms with Crippen LogP contribution in [-0.2, 0) is 0 Å². The number of hydrogen-bond acceptors (Lipinski definition) is 2. The van der Waals surface area contributed by atoms with Crippen molar-refractivity contribution in [1.29, 1.82) is 0 Å². The van der Waals surface area contributed by atoms with Crippen LogP contribution in [0.15, 0.2) is 42.5 Å². The molecule has 1 heterocycles. The third kappa shape index (κ3) is 2.05. The van der Waals surface area contributed by atoms with E-state index in [4.69, 9.17) is 10.7 Å². The van der Waals surface area contributed by atoms with Gasteiger partial charge in [-0.3, -0.25) is 4.57 Å². The zero-order valence-corrected chi connectivity index (χ0v) is 12.1. The molecule has 0 saturated heterocycles. The van der Waals surface area contributed by atoms with Gasteiger partial charge in [-0.15, -0.1) is 0 Å². The van der Waals surface area contributed by atoms with E-state index >= 15 is 0 Å². The number of aromatic nitrogens is 2. The quantitative estimate of drug-likeness (QED) is 0.711. The number of anilines is 1. The predicted octanol–water partition coefficient (Wildman–Crippen LogP) is 4.04. The molecule has 102 valence electrons. The average molecular weight is 265 g/mol. The van der Waals surface area contributed by atoms with E-state index in [1.807, 2.05) is 18.2 Å². The number of nitrogens with two attached hydrogens (primary N) is 1. The minimum atomic E-state index is 0.352. The van der Waals surface area contributed by atoms with Gasteiger partial charge in [0.2, 0.25) is 0 Å². The summed E-state index contributed by atoms with van der Waals surface area (Å²) in [6, 6.07) is 14.4. The molecule has 0 bridgehead atoms. The van der Waals surface area contributed by atoms with Gasteiger partial charge in [-0.25, -0.2) is 4.98 Å². The SMILES string of the molecule is Cc1ccc(-n2c(C(C)C)nc3cc(N)ccc32)cc1. The Hall–Kier alpha value is -2.29. The van der Waals surface area contributed by atoms with Gasteiger partial charge in [-0.05, 0) is 37.3 Å². The van der Waals surface area contributed by atoms with Crippen LogP contribution in [0.1, 0.15) is 31.2 Å². The Morgan fingerprint density at radius 3 is 2.40 bits per heavy atom. The lowest BCUT2D eigenvalue weighted by Gasteiger charge is -2.11. The van der Waals surface area contributed by atoms with E-state index in [-0.39, 0.29) is 0 Å². The summed E-state index contributed by atoms with van der Waals surface area (Å²) in [6.45, 7) is 6.42. The summed E-state index contributed by atoms with van der Waals surface area (Å²) in [5.74, 6) is 1.42. The molecule has 0 fully saturated rings. The van der Waals surface area contributed by atoms with Crippen molar-refractivity contribution in [2.24, 2.45) is 0 Å². The van der Waals surface area contributed by atoms with Gasteiger partial charge in [0.25, 0.3) is 0 Å². The molecule has 3 aromatic rings. The minimum absolute atomic E-state index is 0.352. The Morgan fingerprint density at radius 1 is 1.05 bits per heavy atom. The molecule has 0 atom stereocenters. The molecule has 3 heteroatoms. The number of benzene rings is 2. The first kappa shape index (κ1) is 12.7. The first-order valence-electron chi connectivity index (χ1n) is 6.91. The standard InChI is InChI=1S/C17H19N3/c1-11(2)17-19-15-10-13(18)6-9-16(15)20(17)14-7-4-12(3)5-8-14/h4-11H,18H2,1-3H3. The van der Waals surface area contributed by atoms with Crippen molar-refractivity contribution < 1.29 is 0 Å². The molecule has 2 N–H and O–H groups in total. The molecule has 20 heavy (non-hydrogen) atoms. The van der Waals surface area contributed by atoms with Crippen LogP contribution in [0.3, 0.4) is 0 Å². The van der Waals surface area contributed by atoms with Crippen molar-refractivity contribution in [2.45, 2.75) is 26.7 Å². The number of fused-ring (bicyclic) bond motifs is 1. The number of nitrogens with zero attached hydrogens (tertiary/aromatic N) is 2. The fourth-order valence-corrected chi connectivity index (χ4v) is 2.47. The van der Waals surface area contributed by atoms with E-state index < -0.39 is 0 Å². The smallest absolute Gasteiger partial charge is 0.117 e. The Morgan fingerprint density at radius 2 is 1.75 bits per heavy atom. The highest BCUT2D eigenvalue weighted by molar-refractivity contribution is 5.81. The highest BCUT2D eigenvalue weighted by atomic mass is 15.1. The van der Waals surface area contributed by atoms with Crippen LogP contribution < -0.4 is 5.73 Å². The molecule has 0 radical (unpaired) electrons. The second-order valence-corrected chi connectivity index (χ2v) is 5.54. The van der Waals surface area contributed by atoms with E-state index in [2.05, 4.69) is 49.6 Å². The molecule has 3 rings (SSSR count). The van der Waals surface area contributed by atoms with Gasteiger partial charge in [0.05, 0.1) is 11.0 Å². The molecule has 0 aliphatic rings. The van der Waals surface area contributed by atoms with Gasteiger partial charge < -0.3 is 5.73 Å². The van der Waals surface area contributed by atoms with Crippen LogP contribution in [0.25, 0.3) is 16.7 Å². The number of rotatable bonds is 2. The average Bonchev–Trinajstić information content (AvgIpc) is 2.78. The van der Waals surface area contributed by atoms with Crippen molar-refractivity contribution in [3.63, 3.8) is 0 Å². The molecule has 0 unspecified atom stereocenters. The maximum absolute atomic E-state index is 5.87. The molecule has 1 aromatic heterocycles. The predicted molar refractivity (Wildman–Crippen MR) is 84.3 cm³/mol. The third-order valence-corrected chi connectivity index (χ3v) is 3.51.